The van der Waals surface area contributed by atoms with Gasteiger partial charge in [0.05, 0.1) is 0 Å². The Kier molecular flexibility index (Phi) is 1.20. The number of ether oxygens (including phenoxy) is 1. The van der Waals surface area contributed by atoms with Crippen LogP contribution in [0.1, 0.15) is 26.2 Å². The third-order valence-electron chi connectivity index (χ3n) is 5.30. The van der Waals surface area contributed by atoms with E-state index in [-0.39, 0.29) is 5.97 Å². The first kappa shape index (κ1) is 7.72. The summed E-state index contributed by atoms with van der Waals surface area (Å²) in [5.74, 6) is 5.27. The minimum Gasteiger partial charge on any atom is -0.462 e. The van der Waals surface area contributed by atoms with Crippen molar-refractivity contribution in [2.24, 2.45) is 35.5 Å². The van der Waals surface area contributed by atoms with Gasteiger partial charge in [0, 0.05) is 12.8 Å². The molecule has 2 nitrogen and oxygen atoms in total. The van der Waals surface area contributed by atoms with Gasteiger partial charge in [0.25, 0.3) is 0 Å². The summed E-state index contributed by atoms with van der Waals surface area (Å²) in [7, 11) is 0. The number of carbonyl (C=O) groups is 1. The summed E-state index contributed by atoms with van der Waals surface area (Å²) in [6, 6.07) is 0. The summed E-state index contributed by atoms with van der Waals surface area (Å²) in [6.07, 6.45) is 4.58. The lowest BCUT2D eigenvalue weighted by molar-refractivity contribution is -0.153. The molecule has 5 bridgehead atoms. The molecule has 7 unspecified atom stereocenters. The Morgan fingerprint density at radius 2 is 1.86 bits per heavy atom. The number of esters is 1. The molecule has 14 heavy (non-hydrogen) atoms. The molecular formula is C12H16O2. The summed E-state index contributed by atoms with van der Waals surface area (Å²) >= 11 is 0. The summed E-state index contributed by atoms with van der Waals surface area (Å²) in [5, 5.41) is 0. The van der Waals surface area contributed by atoms with E-state index >= 15 is 0 Å². The standard InChI is InChI=1S/C12H16O2/c1-5(13)14-12-8-4-7-2-6(8)3-9-10(7)11(9)12/h6-12H,2-4H2,1H3. The molecule has 5 rings (SSSR count). The highest BCUT2D eigenvalue weighted by Gasteiger charge is 2.71. The van der Waals surface area contributed by atoms with E-state index in [2.05, 4.69) is 0 Å². The minimum atomic E-state index is -0.0644. The summed E-state index contributed by atoms with van der Waals surface area (Å²) in [5.41, 5.74) is 0. The number of rotatable bonds is 1. The van der Waals surface area contributed by atoms with Crippen LogP contribution in [0.25, 0.3) is 0 Å². The summed E-state index contributed by atoms with van der Waals surface area (Å²) < 4.78 is 5.54. The van der Waals surface area contributed by atoms with Gasteiger partial charge in [-0.05, 0) is 48.9 Å². The largest absolute Gasteiger partial charge is 0.462 e. The highest BCUT2D eigenvalue weighted by molar-refractivity contribution is 5.66. The Balaban J connectivity index is 1.67. The average Bonchev–Trinajstić information content (AvgIpc) is 2.77. The maximum absolute atomic E-state index is 11.1. The van der Waals surface area contributed by atoms with Crippen molar-refractivity contribution in [2.75, 3.05) is 0 Å². The van der Waals surface area contributed by atoms with Crippen molar-refractivity contribution in [1.82, 2.24) is 0 Å². The fraction of sp³-hybridized carbons (Fsp3) is 0.917. The van der Waals surface area contributed by atoms with Crippen molar-refractivity contribution in [3.8, 4) is 0 Å². The van der Waals surface area contributed by atoms with Crippen LogP contribution in [0.2, 0.25) is 0 Å². The zero-order valence-electron chi connectivity index (χ0n) is 8.48. The van der Waals surface area contributed by atoms with E-state index in [1.54, 1.807) is 6.92 Å². The lowest BCUT2D eigenvalue weighted by Gasteiger charge is -2.33. The Hall–Kier alpha value is -0.530. The zero-order chi connectivity index (χ0) is 9.45. The van der Waals surface area contributed by atoms with Crippen LogP contribution in [0.4, 0.5) is 0 Å². The molecule has 76 valence electrons. The molecule has 0 saturated heterocycles. The van der Waals surface area contributed by atoms with Crippen molar-refractivity contribution in [2.45, 2.75) is 32.3 Å². The predicted octanol–water partition coefficient (Wildman–Crippen LogP) is 1.84. The van der Waals surface area contributed by atoms with Crippen LogP contribution in [0, 0.1) is 35.5 Å². The Labute approximate surface area is 84.0 Å². The smallest absolute Gasteiger partial charge is 0.302 e. The van der Waals surface area contributed by atoms with Crippen molar-refractivity contribution in [3.05, 3.63) is 0 Å². The summed E-state index contributed by atoms with van der Waals surface area (Å²) in [4.78, 5) is 11.1. The molecule has 5 aliphatic carbocycles. The van der Waals surface area contributed by atoms with Gasteiger partial charge in [0.15, 0.2) is 0 Å². The quantitative estimate of drug-likeness (QED) is 0.592. The molecule has 0 N–H and O–H groups in total. The van der Waals surface area contributed by atoms with E-state index in [1.807, 2.05) is 0 Å². The molecule has 0 radical (unpaired) electrons. The van der Waals surface area contributed by atoms with E-state index in [4.69, 9.17) is 4.74 Å². The van der Waals surface area contributed by atoms with Crippen molar-refractivity contribution in [3.63, 3.8) is 0 Å². The molecule has 0 heterocycles. The van der Waals surface area contributed by atoms with Gasteiger partial charge in [-0.3, -0.25) is 4.79 Å². The molecule has 0 spiro atoms. The average molecular weight is 192 g/mol. The second-order valence-electron chi connectivity index (χ2n) is 5.78. The fourth-order valence-electron chi connectivity index (χ4n) is 5.05. The van der Waals surface area contributed by atoms with E-state index in [0.717, 1.165) is 35.5 Å². The van der Waals surface area contributed by atoms with E-state index in [0.29, 0.717) is 6.10 Å². The first-order valence-electron chi connectivity index (χ1n) is 5.93. The maximum Gasteiger partial charge on any atom is 0.302 e. The van der Waals surface area contributed by atoms with Crippen molar-refractivity contribution in [1.29, 1.82) is 0 Å². The fourth-order valence-corrected chi connectivity index (χ4v) is 5.05. The Morgan fingerprint density at radius 1 is 1.07 bits per heavy atom. The van der Waals surface area contributed by atoms with Gasteiger partial charge < -0.3 is 4.74 Å². The first-order valence-corrected chi connectivity index (χ1v) is 5.93. The number of hydrogen-bond acceptors (Lipinski definition) is 2. The molecule has 2 heteroatoms. The minimum absolute atomic E-state index is 0.0644. The van der Waals surface area contributed by atoms with Crippen LogP contribution in [-0.2, 0) is 9.53 Å². The molecular weight excluding hydrogens is 176 g/mol. The van der Waals surface area contributed by atoms with Gasteiger partial charge in [-0.15, -0.1) is 0 Å². The normalized spacial score (nSPS) is 61.4. The molecule has 5 aliphatic rings. The van der Waals surface area contributed by atoms with Gasteiger partial charge in [0.2, 0.25) is 0 Å². The third kappa shape index (κ3) is 0.731. The zero-order valence-corrected chi connectivity index (χ0v) is 8.48. The van der Waals surface area contributed by atoms with E-state index in [1.165, 1.54) is 19.3 Å². The van der Waals surface area contributed by atoms with Gasteiger partial charge in [0.1, 0.15) is 6.10 Å². The van der Waals surface area contributed by atoms with Crippen LogP contribution < -0.4 is 0 Å². The highest BCUT2D eigenvalue weighted by Crippen LogP contribution is 2.73. The molecule has 5 fully saturated rings. The topological polar surface area (TPSA) is 26.3 Å². The SMILES string of the molecule is CC(=O)OC1C2CC3CC2CC2C3C21. The van der Waals surface area contributed by atoms with Crippen molar-refractivity contribution >= 4 is 5.97 Å². The molecule has 0 aromatic rings. The molecule has 7 atom stereocenters. The lowest BCUT2D eigenvalue weighted by atomic mass is 9.79. The summed E-state index contributed by atoms with van der Waals surface area (Å²) in [6.45, 7) is 1.56. The lowest BCUT2D eigenvalue weighted by Crippen LogP contribution is -2.35. The van der Waals surface area contributed by atoms with Crippen LogP contribution in [0.3, 0.4) is 0 Å². The molecule has 0 aromatic heterocycles. The molecule has 0 aromatic carbocycles. The van der Waals surface area contributed by atoms with Crippen LogP contribution in [-0.4, -0.2) is 12.1 Å². The number of carbonyl (C=O) groups excluding carboxylic acids is 1. The van der Waals surface area contributed by atoms with Gasteiger partial charge in [-0.2, -0.15) is 0 Å². The Bertz CT molecular complexity index is 309. The van der Waals surface area contributed by atoms with Gasteiger partial charge >= 0.3 is 5.97 Å². The second-order valence-corrected chi connectivity index (χ2v) is 5.78. The van der Waals surface area contributed by atoms with E-state index < -0.39 is 0 Å². The van der Waals surface area contributed by atoms with Crippen LogP contribution in [0.15, 0.2) is 0 Å². The third-order valence-corrected chi connectivity index (χ3v) is 5.30. The highest BCUT2D eigenvalue weighted by atomic mass is 16.5. The van der Waals surface area contributed by atoms with Gasteiger partial charge in [-0.1, -0.05) is 0 Å². The van der Waals surface area contributed by atoms with Crippen LogP contribution >= 0.6 is 0 Å². The van der Waals surface area contributed by atoms with E-state index in [9.17, 15) is 4.79 Å². The molecule has 0 aliphatic heterocycles. The van der Waals surface area contributed by atoms with Crippen LogP contribution in [0.5, 0.6) is 0 Å². The molecule has 5 saturated carbocycles. The number of hydrogen-bond donors (Lipinski definition) is 0. The first-order chi connectivity index (χ1) is 6.75. The maximum atomic E-state index is 11.1. The van der Waals surface area contributed by atoms with Crippen molar-refractivity contribution < 1.29 is 9.53 Å². The predicted molar refractivity (Wildman–Crippen MR) is 50.3 cm³/mol. The molecule has 0 amide bonds. The monoisotopic (exact) mass is 192 g/mol. The van der Waals surface area contributed by atoms with Gasteiger partial charge in [-0.25, -0.2) is 0 Å². The Morgan fingerprint density at radius 3 is 2.64 bits per heavy atom. The second kappa shape index (κ2) is 2.17.